The summed E-state index contributed by atoms with van der Waals surface area (Å²) in [7, 11) is -1.24. The molecule has 1 aromatic heterocycles. The molecule has 63 heavy (non-hydrogen) atoms. The van der Waals surface area contributed by atoms with E-state index in [2.05, 4.69) is 82.6 Å². The third-order valence-electron chi connectivity index (χ3n) is 11.4. The molecule has 1 N–H and O–H groups in total. The van der Waals surface area contributed by atoms with Crippen molar-refractivity contribution in [3.8, 4) is 17.6 Å². The lowest BCUT2D eigenvalue weighted by Gasteiger charge is -2.42. The average molecular weight is 914 g/mol. The molecule has 3 aromatic carbocycles. The Bertz CT molecular complexity index is 2140. The number of nitrogens with one attached hydrogen (secondary N) is 1. The molecule has 1 amide bonds. The zero-order valence-corrected chi connectivity index (χ0v) is 40.6. The molecule has 1 aliphatic rings. The Kier molecular flexibility index (Phi) is 16.9. The van der Waals surface area contributed by atoms with Crippen LogP contribution in [-0.4, -0.2) is 86.3 Å². The predicted molar refractivity (Wildman–Crippen MR) is 247 cm³/mol. The Morgan fingerprint density at radius 1 is 0.905 bits per heavy atom. The molecular weight excluding hydrogens is 850 g/mol. The average Bonchev–Trinajstić information content (AvgIpc) is 3.55. The van der Waals surface area contributed by atoms with E-state index in [1.807, 2.05) is 78.9 Å². The number of methoxy groups -OCH3 is 2. The smallest absolute Gasteiger partial charge is 0.351 e. The van der Waals surface area contributed by atoms with Gasteiger partial charge in [-0.05, 0) is 92.8 Å². The summed E-state index contributed by atoms with van der Waals surface area (Å²) >= 11 is 0. The number of carbonyl (C=O) groups is 1. The number of hydrogen-bond acceptors (Lipinski definition) is 12. The Labute approximate surface area is 374 Å². The summed E-state index contributed by atoms with van der Waals surface area (Å²) in [4.78, 5) is 30.2. The van der Waals surface area contributed by atoms with Gasteiger partial charge < -0.3 is 37.7 Å². The highest BCUT2D eigenvalue weighted by Gasteiger charge is 2.54. The summed E-state index contributed by atoms with van der Waals surface area (Å²) in [6.07, 6.45) is -1.94. The topological polar surface area (TPSA) is 156 Å². The van der Waals surface area contributed by atoms with Crippen LogP contribution in [0.4, 0.5) is 5.82 Å². The molecule has 5 rings (SSSR count). The molecular formula is C47H64N5O9PSi. The SMILES string of the molecule is COc1ccc(C(O[13CH2][13C@H]2O[13C@@H]([15n]3[13cH][13cH][13c]([15NH]C(C)=O)[15n][13c]3=O)[13C@@H](O[Si](C)(C)C(C)(C)C)[13CH]2OP(OCCC#N)N(C(C)C)C(C)C)(c2ccccc2)c2ccc(OC)cc2)cc1. The van der Waals surface area contributed by atoms with E-state index in [4.69, 9.17) is 32.4 Å². The van der Waals surface area contributed by atoms with Crippen molar-refractivity contribution in [2.24, 2.45) is 0 Å². The van der Waals surface area contributed by atoms with Gasteiger partial charge in [0.2, 0.25) is 5.91 Å². The molecule has 2 heterocycles. The van der Waals surface area contributed by atoms with E-state index in [1.165, 1.54) is 11.5 Å². The minimum atomic E-state index is -2.66. The van der Waals surface area contributed by atoms with Gasteiger partial charge in [-0.3, -0.25) is 9.36 Å². The normalized spacial score (nSPS) is 18.7. The standard InChI is InChI=1S/C47H64N5O9PSi/c1-32(2)52(33(3)4)62(58-30-16-28-48)60-42-40(59-44(43(42)61-63(11,12)46(6,7)8)51-29-27-41(49-34(5)53)50-45(51)54)31-57-47(35-17-14-13-15-18-35,36-19-23-38(55-9)24-20-36)37-21-25-39(56-10)26-22-37/h13-15,17-27,29,32-33,40,42-44H,16,30-31H2,1-12H3,(H,49,50,53,54)/t40-,42?,43+,44-,62?/m1/s1/i27+1,29+1,31+1,40+1,41+1,42+1,43+1,44+1,45+1,49+1,50+1,51+1. The van der Waals surface area contributed by atoms with Gasteiger partial charge in [-0.2, -0.15) is 10.2 Å². The molecule has 5 atom stereocenters. The molecule has 16 heteroatoms. The molecule has 4 aromatic rings. The van der Waals surface area contributed by atoms with Gasteiger partial charge in [0.25, 0.3) is 8.53 Å². The van der Waals surface area contributed by atoms with Crippen LogP contribution in [-0.2, 0) is 33.3 Å². The zero-order chi connectivity index (χ0) is 46.1. The van der Waals surface area contributed by atoms with Gasteiger partial charge in [0.1, 0.15) is 41.2 Å². The van der Waals surface area contributed by atoms with Gasteiger partial charge in [-0.1, -0.05) is 75.4 Å². The highest BCUT2D eigenvalue weighted by atomic mass is 31.2. The van der Waals surface area contributed by atoms with Crippen LogP contribution in [0.5, 0.6) is 11.5 Å². The van der Waals surface area contributed by atoms with Crippen molar-refractivity contribution in [3.05, 3.63) is 118 Å². The van der Waals surface area contributed by atoms with Gasteiger partial charge in [-0.25, -0.2) is 9.46 Å². The van der Waals surface area contributed by atoms with E-state index < -0.39 is 52.7 Å². The van der Waals surface area contributed by atoms with E-state index >= 15 is 0 Å². The van der Waals surface area contributed by atoms with Crippen LogP contribution < -0.4 is 20.5 Å². The van der Waals surface area contributed by atoms with Crippen LogP contribution in [0.15, 0.2) is 95.9 Å². The summed E-state index contributed by atoms with van der Waals surface area (Å²) in [5.41, 5.74) is 0.633. The summed E-state index contributed by atoms with van der Waals surface area (Å²) in [5, 5.41) is 11.9. The molecule has 0 saturated carbocycles. The van der Waals surface area contributed by atoms with Crippen molar-refractivity contribution in [2.75, 3.05) is 32.8 Å². The van der Waals surface area contributed by atoms with Gasteiger partial charge >= 0.3 is 5.69 Å². The van der Waals surface area contributed by atoms with Gasteiger partial charge in [0.05, 0.1) is 39.9 Å². The number of carbonyl (C=O) groups excluding carboxylic acids is 1. The number of amides is 1. The van der Waals surface area contributed by atoms with Gasteiger partial charge in [-0.15, -0.1) is 0 Å². The largest absolute Gasteiger partial charge is 0.497 e. The van der Waals surface area contributed by atoms with Crippen LogP contribution in [0.1, 0.15) is 84.7 Å². The lowest BCUT2D eigenvalue weighted by molar-refractivity contribution is -0.114. The van der Waals surface area contributed by atoms with Gasteiger partial charge in [0.15, 0.2) is 14.5 Å². The van der Waals surface area contributed by atoms with Crippen LogP contribution in [0, 0.1) is 11.3 Å². The first-order valence-electron chi connectivity index (χ1n) is 21.3. The summed E-state index contributed by atoms with van der Waals surface area (Å²) in [6, 6.07) is 29.2. The van der Waals surface area contributed by atoms with Crippen molar-refractivity contribution in [2.45, 2.75) is 122 Å². The number of ether oxygens (including phenoxy) is 4. The zero-order valence-electron chi connectivity index (χ0n) is 38.7. The third kappa shape index (κ3) is 11.6. The first kappa shape index (κ1) is 49.5. The van der Waals surface area contributed by atoms with E-state index in [0.717, 1.165) is 16.7 Å². The second-order valence-electron chi connectivity index (χ2n) is 17.5. The van der Waals surface area contributed by atoms with Crippen molar-refractivity contribution in [1.29, 1.82) is 5.26 Å². The number of aromatic nitrogens is 2. The molecule has 0 bridgehead atoms. The molecule has 1 fully saturated rings. The number of anilines is 1. The van der Waals surface area contributed by atoms with Crippen molar-refractivity contribution in [3.63, 3.8) is 0 Å². The van der Waals surface area contributed by atoms with Crippen molar-refractivity contribution >= 4 is 28.6 Å². The van der Waals surface area contributed by atoms with E-state index in [-0.39, 0.29) is 48.5 Å². The highest BCUT2D eigenvalue weighted by molar-refractivity contribution is 7.44. The molecule has 340 valence electrons. The lowest BCUT2D eigenvalue weighted by Crippen LogP contribution is -2.50. The van der Waals surface area contributed by atoms with E-state index in [1.54, 1.807) is 26.5 Å². The summed E-state index contributed by atoms with van der Waals surface area (Å²) in [5.74, 6) is 1.12. The van der Waals surface area contributed by atoms with Gasteiger partial charge in [0, 0.05) is 25.2 Å². The molecule has 0 radical (unpaired) electrons. The van der Waals surface area contributed by atoms with Crippen molar-refractivity contribution < 1.29 is 37.2 Å². The monoisotopic (exact) mass is 913 g/mol. The Hall–Kier alpha value is -4.49. The molecule has 14 nitrogen and oxygen atoms in total. The molecule has 0 spiro atoms. The Balaban J connectivity index is 1.74. The fourth-order valence-electron chi connectivity index (χ4n) is 7.37. The Morgan fingerprint density at radius 2 is 1.46 bits per heavy atom. The van der Waals surface area contributed by atoms with Crippen LogP contribution >= 0.6 is 8.53 Å². The second-order valence-corrected chi connectivity index (χ2v) is 23.7. The molecule has 0 aliphatic carbocycles. The maximum Gasteiger partial charge on any atom is 0.351 e. The first-order chi connectivity index (χ1) is 29.9. The fraction of sp³-hybridized carbons (Fsp3) is 0.489. The van der Waals surface area contributed by atoms with Crippen LogP contribution in [0.2, 0.25) is 18.1 Å². The maximum atomic E-state index is 14.0. The first-order valence-corrected chi connectivity index (χ1v) is 25.3. The Morgan fingerprint density at radius 3 is 1.94 bits per heavy atom. The number of nitrogens with zero attached hydrogens (tertiary/aromatic N) is 4. The lowest BCUT2D eigenvalue weighted by atomic mass is 9.80. The number of benzene rings is 3. The molecule has 2 unspecified atom stereocenters. The highest BCUT2D eigenvalue weighted by Crippen LogP contribution is 2.52. The maximum absolute atomic E-state index is 14.0. The molecule has 1 saturated heterocycles. The van der Waals surface area contributed by atoms with E-state index in [0.29, 0.717) is 11.5 Å². The minimum Gasteiger partial charge on any atom is -0.497 e. The second kappa shape index (κ2) is 21.5. The number of hydrogen-bond donors (Lipinski definition) is 1. The quantitative estimate of drug-likeness (QED) is 0.0224. The fourth-order valence-corrected chi connectivity index (χ4v) is 10.4. The number of rotatable bonds is 20. The summed E-state index contributed by atoms with van der Waals surface area (Å²) in [6.45, 7) is 20.4. The third-order valence-corrected chi connectivity index (χ3v) is 18.0. The predicted octanol–water partition coefficient (Wildman–Crippen LogP) is 9.18. The van der Waals surface area contributed by atoms with Crippen LogP contribution in [0.25, 0.3) is 0 Å². The minimum absolute atomic E-state index is 0.00483. The van der Waals surface area contributed by atoms with Crippen molar-refractivity contribution in [1.82, 2.24) is 14.2 Å². The van der Waals surface area contributed by atoms with Crippen LogP contribution in [0.3, 0.4) is 0 Å². The number of nitriles is 1. The summed E-state index contributed by atoms with van der Waals surface area (Å²) < 4.78 is 50.3. The van der Waals surface area contributed by atoms with E-state index in [9.17, 15) is 14.9 Å². The molecule has 1 aliphatic heterocycles.